The van der Waals surface area contributed by atoms with Crippen LogP contribution in [0.4, 0.5) is 10.1 Å². The van der Waals surface area contributed by atoms with Gasteiger partial charge in [0.05, 0.1) is 18.9 Å². The van der Waals surface area contributed by atoms with Gasteiger partial charge in [-0.1, -0.05) is 0 Å². The molecule has 1 unspecified atom stereocenters. The molecule has 1 amide bonds. The molecule has 1 aliphatic carbocycles. The number of rotatable bonds is 4. The van der Waals surface area contributed by atoms with Gasteiger partial charge in [-0.2, -0.15) is 0 Å². The Bertz CT molecular complexity index is 586. The number of hydrogen-bond donors (Lipinski definition) is 2. The normalized spacial score (nSPS) is 17.5. The van der Waals surface area contributed by atoms with Crippen LogP contribution in [0.25, 0.3) is 0 Å². The number of aliphatic hydroxyl groups excluding tert-OH is 1. The number of aliphatic hydroxyl groups is 1. The van der Waals surface area contributed by atoms with E-state index in [1.54, 1.807) is 6.92 Å². The maximum absolute atomic E-state index is 13.9. The summed E-state index contributed by atoms with van der Waals surface area (Å²) in [5.74, 6) is -1.09. The van der Waals surface area contributed by atoms with Crippen LogP contribution in [0.15, 0.2) is 6.07 Å². The maximum Gasteiger partial charge on any atom is 0.221 e. The predicted molar refractivity (Wildman–Crippen MR) is 74.9 cm³/mol. The summed E-state index contributed by atoms with van der Waals surface area (Å²) in [7, 11) is 0. The molecule has 5 nitrogen and oxygen atoms in total. The zero-order valence-corrected chi connectivity index (χ0v) is 12.0. The van der Waals surface area contributed by atoms with Gasteiger partial charge < -0.3 is 15.2 Å². The van der Waals surface area contributed by atoms with E-state index in [9.17, 15) is 14.0 Å². The molecular formula is C15H18FNO4. The van der Waals surface area contributed by atoms with Crippen LogP contribution in [0.3, 0.4) is 0 Å². The number of ether oxygens (including phenoxy) is 1. The van der Waals surface area contributed by atoms with Crippen LogP contribution in [0, 0.1) is 12.7 Å². The summed E-state index contributed by atoms with van der Waals surface area (Å²) in [5, 5.41) is 11.3. The summed E-state index contributed by atoms with van der Waals surface area (Å²) in [6.07, 6.45) is 0.269. The number of Topliss-reactive ketones (excluding diaryl/α,β-unsaturated/α-hetero) is 1. The van der Waals surface area contributed by atoms with Gasteiger partial charge in [0.1, 0.15) is 11.9 Å². The van der Waals surface area contributed by atoms with Crippen LogP contribution in [0.1, 0.15) is 34.8 Å². The molecule has 0 fully saturated rings. The minimum atomic E-state index is -0.665. The third kappa shape index (κ3) is 3.11. The fourth-order valence-corrected chi connectivity index (χ4v) is 2.61. The van der Waals surface area contributed by atoms with E-state index in [-0.39, 0.29) is 30.6 Å². The Morgan fingerprint density at radius 1 is 1.57 bits per heavy atom. The van der Waals surface area contributed by atoms with Crippen LogP contribution < -0.4 is 5.32 Å². The standard InChI is InChI=1S/C15H18FNO4/c1-8-10-3-4-13(21-6-5-18)15(20)14(10)12(7-11(8)16)17-9(2)19/h7,13,18H,3-6H2,1-2H3,(H,17,19). The third-order valence-electron chi connectivity index (χ3n) is 3.57. The van der Waals surface area contributed by atoms with Crippen molar-refractivity contribution in [1.82, 2.24) is 0 Å². The first-order valence-electron chi connectivity index (χ1n) is 6.82. The fourth-order valence-electron chi connectivity index (χ4n) is 2.61. The molecule has 1 aliphatic rings. The zero-order valence-electron chi connectivity index (χ0n) is 12.0. The second-order valence-electron chi connectivity index (χ2n) is 5.05. The SMILES string of the molecule is CC(=O)Nc1cc(F)c(C)c2c1C(=O)C(OCCO)CC2. The minimum absolute atomic E-state index is 0.0708. The average Bonchev–Trinajstić information content (AvgIpc) is 2.42. The van der Waals surface area contributed by atoms with Crippen molar-refractivity contribution < 1.29 is 23.8 Å². The van der Waals surface area contributed by atoms with E-state index >= 15 is 0 Å². The number of nitrogens with one attached hydrogen (secondary N) is 1. The number of hydrogen-bond acceptors (Lipinski definition) is 4. The van der Waals surface area contributed by atoms with Gasteiger partial charge in [-0.25, -0.2) is 4.39 Å². The first-order valence-corrected chi connectivity index (χ1v) is 6.82. The summed E-state index contributed by atoms with van der Waals surface area (Å²) >= 11 is 0. The van der Waals surface area contributed by atoms with Gasteiger partial charge in [0, 0.05) is 12.5 Å². The molecule has 0 bridgehead atoms. The van der Waals surface area contributed by atoms with Crippen molar-refractivity contribution in [3.05, 3.63) is 28.6 Å². The molecular weight excluding hydrogens is 277 g/mol. The molecule has 1 aromatic carbocycles. The number of halogens is 1. The Hall–Kier alpha value is -1.79. The second-order valence-corrected chi connectivity index (χ2v) is 5.05. The van der Waals surface area contributed by atoms with E-state index in [1.165, 1.54) is 13.0 Å². The first-order chi connectivity index (χ1) is 9.95. The van der Waals surface area contributed by atoms with Crippen LogP contribution >= 0.6 is 0 Å². The topological polar surface area (TPSA) is 75.6 Å². The molecule has 1 atom stereocenters. The molecule has 0 radical (unpaired) electrons. The Kier molecular flexibility index (Phi) is 4.69. The van der Waals surface area contributed by atoms with Crippen LogP contribution in [0.2, 0.25) is 0 Å². The minimum Gasteiger partial charge on any atom is -0.394 e. The van der Waals surface area contributed by atoms with Crippen LogP contribution in [0.5, 0.6) is 0 Å². The molecule has 0 heterocycles. The van der Waals surface area contributed by atoms with Gasteiger partial charge in [0.25, 0.3) is 0 Å². The summed E-state index contributed by atoms with van der Waals surface area (Å²) in [6.45, 7) is 2.82. The lowest BCUT2D eigenvalue weighted by molar-refractivity contribution is -0.114. The summed E-state index contributed by atoms with van der Waals surface area (Å²) < 4.78 is 19.2. The highest BCUT2D eigenvalue weighted by atomic mass is 19.1. The molecule has 0 saturated heterocycles. The molecule has 1 aromatic rings. The molecule has 6 heteroatoms. The largest absolute Gasteiger partial charge is 0.394 e. The molecule has 0 aliphatic heterocycles. The van der Waals surface area contributed by atoms with Crippen molar-refractivity contribution in [3.63, 3.8) is 0 Å². The lowest BCUT2D eigenvalue weighted by Crippen LogP contribution is -2.33. The second kappa shape index (κ2) is 6.32. The molecule has 114 valence electrons. The van der Waals surface area contributed by atoms with E-state index in [0.29, 0.717) is 29.5 Å². The number of anilines is 1. The van der Waals surface area contributed by atoms with Gasteiger partial charge in [-0.15, -0.1) is 0 Å². The molecule has 21 heavy (non-hydrogen) atoms. The van der Waals surface area contributed by atoms with Gasteiger partial charge in [-0.3, -0.25) is 9.59 Å². The van der Waals surface area contributed by atoms with E-state index in [4.69, 9.17) is 9.84 Å². The number of amides is 1. The molecule has 2 rings (SSSR count). The Morgan fingerprint density at radius 2 is 2.29 bits per heavy atom. The van der Waals surface area contributed by atoms with Gasteiger partial charge >= 0.3 is 0 Å². The molecule has 0 aromatic heterocycles. The lowest BCUT2D eigenvalue weighted by Gasteiger charge is -2.27. The molecule has 0 spiro atoms. The van der Waals surface area contributed by atoms with Gasteiger partial charge in [0.15, 0.2) is 5.78 Å². The van der Waals surface area contributed by atoms with E-state index < -0.39 is 11.9 Å². The van der Waals surface area contributed by atoms with Crippen molar-refractivity contribution in [2.24, 2.45) is 0 Å². The summed E-state index contributed by atoms with van der Waals surface area (Å²) in [4.78, 5) is 23.8. The smallest absolute Gasteiger partial charge is 0.221 e. The van der Waals surface area contributed by atoms with Gasteiger partial charge in [-0.05, 0) is 37.0 Å². The Labute approximate surface area is 122 Å². The Balaban J connectivity index is 2.45. The number of carbonyl (C=O) groups excluding carboxylic acids is 2. The predicted octanol–water partition coefficient (Wildman–Crippen LogP) is 1.60. The van der Waals surface area contributed by atoms with Crippen molar-refractivity contribution in [2.45, 2.75) is 32.8 Å². The van der Waals surface area contributed by atoms with Crippen molar-refractivity contribution in [2.75, 3.05) is 18.5 Å². The summed E-state index contributed by atoms with van der Waals surface area (Å²) in [6, 6.07) is 1.17. The maximum atomic E-state index is 13.9. The number of carbonyl (C=O) groups is 2. The van der Waals surface area contributed by atoms with Gasteiger partial charge in [0.2, 0.25) is 5.91 Å². The molecule has 0 saturated carbocycles. The third-order valence-corrected chi connectivity index (χ3v) is 3.57. The fraction of sp³-hybridized carbons (Fsp3) is 0.467. The van der Waals surface area contributed by atoms with E-state index in [2.05, 4.69) is 5.32 Å². The summed E-state index contributed by atoms with van der Waals surface area (Å²) in [5.41, 5.74) is 1.54. The quantitative estimate of drug-likeness (QED) is 0.884. The average molecular weight is 295 g/mol. The highest BCUT2D eigenvalue weighted by Crippen LogP contribution is 2.33. The zero-order chi connectivity index (χ0) is 15.6. The highest BCUT2D eigenvalue weighted by Gasteiger charge is 2.32. The van der Waals surface area contributed by atoms with E-state index in [1.807, 2.05) is 0 Å². The Morgan fingerprint density at radius 3 is 2.90 bits per heavy atom. The molecule has 2 N–H and O–H groups in total. The number of ketones is 1. The number of benzene rings is 1. The highest BCUT2D eigenvalue weighted by molar-refractivity contribution is 6.09. The van der Waals surface area contributed by atoms with Crippen LogP contribution in [-0.4, -0.2) is 36.1 Å². The van der Waals surface area contributed by atoms with Crippen molar-refractivity contribution in [3.8, 4) is 0 Å². The number of fused-ring (bicyclic) bond motifs is 1. The van der Waals surface area contributed by atoms with Crippen molar-refractivity contribution >= 4 is 17.4 Å². The van der Waals surface area contributed by atoms with E-state index in [0.717, 1.165) is 0 Å². The first kappa shape index (κ1) is 15.6. The monoisotopic (exact) mass is 295 g/mol. The van der Waals surface area contributed by atoms with Crippen LogP contribution in [-0.2, 0) is 16.0 Å². The van der Waals surface area contributed by atoms with Crippen molar-refractivity contribution in [1.29, 1.82) is 0 Å². The lowest BCUT2D eigenvalue weighted by atomic mass is 9.84.